The predicted molar refractivity (Wildman–Crippen MR) is 117 cm³/mol. The largest absolute Gasteiger partial charge is 0.497 e. The molecule has 1 amide bonds. The van der Waals surface area contributed by atoms with E-state index in [9.17, 15) is 4.79 Å². The lowest BCUT2D eigenvalue weighted by molar-refractivity contribution is -0.132. The molecule has 32 heavy (non-hydrogen) atoms. The van der Waals surface area contributed by atoms with Crippen LogP contribution in [0.2, 0.25) is 5.02 Å². The summed E-state index contributed by atoms with van der Waals surface area (Å²) in [4.78, 5) is 22.0. The van der Waals surface area contributed by atoms with Gasteiger partial charge >= 0.3 is 0 Å². The first-order valence-electron chi connectivity index (χ1n) is 9.72. The number of nitrogens with one attached hydrogen (secondary N) is 2. The molecule has 0 saturated carbocycles. The molecule has 0 spiro atoms. The van der Waals surface area contributed by atoms with Gasteiger partial charge in [0.2, 0.25) is 5.91 Å². The third kappa shape index (κ3) is 4.34. The molecule has 0 saturated heterocycles. The zero-order valence-corrected chi connectivity index (χ0v) is 18.1. The highest BCUT2D eigenvalue weighted by atomic mass is 35.5. The molecular weight excluding hydrogens is 436 g/mol. The van der Waals surface area contributed by atoms with Crippen LogP contribution in [-0.4, -0.2) is 45.4 Å². The maximum atomic E-state index is 12.5. The molecule has 0 aliphatic carbocycles. The Morgan fingerprint density at radius 2 is 2.00 bits per heavy atom. The molecule has 166 valence electrons. The molecule has 1 aliphatic rings. The Kier molecular flexibility index (Phi) is 6.47. The van der Waals surface area contributed by atoms with E-state index in [0.717, 1.165) is 16.8 Å². The van der Waals surface area contributed by atoms with Crippen molar-refractivity contribution in [2.45, 2.75) is 19.4 Å². The number of carbonyl (C=O) groups is 1. The van der Waals surface area contributed by atoms with E-state index in [0.29, 0.717) is 28.1 Å². The monoisotopic (exact) mass is 456 g/mol. The molecule has 0 unspecified atom stereocenters. The number of amides is 1. The van der Waals surface area contributed by atoms with Gasteiger partial charge in [-0.15, -0.1) is 15.8 Å². The summed E-state index contributed by atoms with van der Waals surface area (Å²) in [6.07, 6.45) is -0.0395. The van der Waals surface area contributed by atoms with Crippen LogP contribution < -0.4 is 15.8 Å². The fourth-order valence-electron chi connectivity index (χ4n) is 3.53. The number of benzene rings is 2. The summed E-state index contributed by atoms with van der Waals surface area (Å²) in [5.74, 6) is 1.44. The predicted octanol–water partition coefficient (Wildman–Crippen LogP) is 2.02. The van der Waals surface area contributed by atoms with Crippen molar-refractivity contribution in [1.29, 1.82) is 0 Å². The number of aliphatic hydroxyl groups excluding tert-OH is 1. The molecular formula is C21H21ClN6O4. The van der Waals surface area contributed by atoms with Gasteiger partial charge in [-0.25, -0.2) is 0 Å². The number of rotatable bonds is 7. The van der Waals surface area contributed by atoms with Crippen LogP contribution in [0.15, 0.2) is 47.5 Å². The van der Waals surface area contributed by atoms with Crippen LogP contribution in [0.5, 0.6) is 5.75 Å². The van der Waals surface area contributed by atoms with Crippen molar-refractivity contribution in [3.63, 3.8) is 0 Å². The number of halogens is 1. The van der Waals surface area contributed by atoms with E-state index in [-0.39, 0.29) is 6.42 Å². The maximum absolute atomic E-state index is 12.5. The summed E-state index contributed by atoms with van der Waals surface area (Å²) >= 11 is 6.09. The van der Waals surface area contributed by atoms with Crippen molar-refractivity contribution in [1.82, 2.24) is 25.8 Å². The van der Waals surface area contributed by atoms with E-state index in [4.69, 9.17) is 26.4 Å². The number of hydrazine groups is 1. The third-order valence-electron chi connectivity index (χ3n) is 4.96. The number of hydrogen-bond donors (Lipinski definition) is 3. The van der Waals surface area contributed by atoms with E-state index in [1.165, 1.54) is 0 Å². The lowest BCUT2D eigenvalue weighted by Crippen LogP contribution is -2.38. The second kappa shape index (κ2) is 9.45. The van der Waals surface area contributed by atoms with E-state index >= 15 is 0 Å². The Morgan fingerprint density at radius 3 is 2.72 bits per heavy atom. The molecule has 2 heterocycles. The average molecular weight is 457 g/mol. The number of ether oxygens (including phenoxy) is 1. The number of aryl methyl sites for hydroxylation is 1. The van der Waals surface area contributed by atoms with Gasteiger partial charge in [0, 0.05) is 16.1 Å². The van der Waals surface area contributed by atoms with Crippen LogP contribution in [0.3, 0.4) is 0 Å². The number of aliphatic imine (C=N–C) groups is 1. The van der Waals surface area contributed by atoms with Gasteiger partial charge in [-0.2, -0.15) is 0 Å². The zero-order valence-electron chi connectivity index (χ0n) is 17.4. The molecule has 0 radical (unpaired) electrons. The summed E-state index contributed by atoms with van der Waals surface area (Å²) in [5, 5.41) is 17.8. The molecule has 10 nitrogen and oxygen atoms in total. The lowest BCUT2D eigenvalue weighted by atomic mass is 10.00. The number of nitrogens with zero attached hydrogens (tertiary/aromatic N) is 4. The van der Waals surface area contributed by atoms with Gasteiger partial charge in [-0.05, 0) is 37.3 Å². The quantitative estimate of drug-likeness (QED) is 0.282. The normalized spacial score (nSPS) is 14.8. The van der Waals surface area contributed by atoms with Crippen LogP contribution in [-0.2, 0) is 9.63 Å². The second-order valence-electron chi connectivity index (χ2n) is 6.95. The van der Waals surface area contributed by atoms with Gasteiger partial charge in [0.1, 0.15) is 17.6 Å². The summed E-state index contributed by atoms with van der Waals surface area (Å²) in [7, 11) is 1.60. The molecule has 11 heteroatoms. The Labute approximate surface area is 188 Å². The summed E-state index contributed by atoms with van der Waals surface area (Å²) in [6, 6.07) is 12.3. The molecule has 2 aromatic carbocycles. The Bertz CT molecular complexity index is 1160. The molecule has 0 fully saturated rings. The number of aromatic nitrogens is 3. The van der Waals surface area contributed by atoms with Crippen LogP contribution in [0.25, 0.3) is 5.69 Å². The van der Waals surface area contributed by atoms with Gasteiger partial charge in [-0.1, -0.05) is 23.7 Å². The highest BCUT2D eigenvalue weighted by molar-refractivity contribution is 6.30. The smallest absolute Gasteiger partial charge is 0.238 e. The van der Waals surface area contributed by atoms with Crippen LogP contribution >= 0.6 is 11.6 Å². The van der Waals surface area contributed by atoms with E-state index in [2.05, 4.69) is 26.0 Å². The van der Waals surface area contributed by atoms with Crippen molar-refractivity contribution in [3.05, 3.63) is 70.3 Å². The number of methoxy groups -OCH3 is 1. The van der Waals surface area contributed by atoms with Crippen LogP contribution in [0, 0.1) is 6.92 Å². The number of hydrogen-bond acceptors (Lipinski definition) is 8. The molecule has 0 bridgehead atoms. The van der Waals surface area contributed by atoms with E-state index in [1.54, 1.807) is 19.2 Å². The molecule has 4 rings (SSSR count). The molecule has 3 N–H and O–H groups in total. The van der Waals surface area contributed by atoms with Crippen LogP contribution in [0.4, 0.5) is 0 Å². The van der Waals surface area contributed by atoms with Crippen molar-refractivity contribution >= 4 is 23.2 Å². The summed E-state index contributed by atoms with van der Waals surface area (Å²) < 4.78 is 7.33. The van der Waals surface area contributed by atoms with Gasteiger partial charge in [-0.3, -0.25) is 24.6 Å². The maximum Gasteiger partial charge on any atom is 0.238 e. The van der Waals surface area contributed by atoms with E-state index in [1.807, 2.05) is 41.8 Å². The van der Waals surface area contributed by atoms with Gasteiger partial charge < -0.3 is 9.84 Å². The van der Waals surface area contributed by atoms with Crippen molar-refractivity contribution < 1.29 is 19.5 Å². The molecule has 1 atom stereocenters. The first-order valence-corrected chi connectivity index (χ1v) is 10.1. The fraction of sp³-hybridized carbons (Fsp3) is 0.238. The first kappa shape index (κ1) is 21.9. The molecule has 1 aromatic heterocycles. The highest BCUT2D eigenvalue weighted by Gasteiger charge is 2.30. The van der Waals surface area contributed by atoms with Gasteiger partial charge in [0.15, 0.2) is 12.6 Å². The Morgan fingerprint density at radius 1 is 1.22 bits per heavy atom. The zero-order chi connectivity index (χ0) is 22.7. The second-order valence-corrected chi connectivity index (χ2v) is 7.39. The minimum atomic E-state index is -0.642. The Hall–Kier alpha value is -3.31. The topological polar surface area (TPSA) is 123 Å². The van der Waals surface area contributed by atoms with Crippen molar-refractivity contribution in [2.24, 2.45) is 4.99 Å². The number of aliphatic hydroxyl groups is 1. The van der Waals surface area contributed by atoms with Crippen molar-refractivity contribution in [3.8, 4) is 11.4 Å². The van der Waals surface area contributed by atoms with E-state index < -0.39 is 18.7 Å². The third-order valence-corrected chi connectivity index (χ3v) is 5.21. The standard InChI is InChI=1S/C21H21ClN6O4/c1-12-24-26-21-17(10-19(30)25-27-32-11-29)23-20(13-3-5-14(22)6-4-13)16-9-15(31-2)7-8-18(16)28(12)21/h3-9,17,27,29H,10-11H2,1-2H3,(H,25,30)/t17-/m0/s1. The lowest BCUT2D eigenvalue weighted by Gasteiger charge is -2.14. The Balaban J connectivity index is 1.86. The van der Waals surface area contributed by atoms with Crippen molar-refractivity contribution in [2.75, 3.05) is 13.9 Å². The van der Waals surface area contributed by atoms with Crippen LogP contribution in [0.1, 0.15) is 35.2 Å². The molecule has 1 aliphatic heterocycles. The minimum absolute atomic E-state index is 0.0395. The summed E-state index contributed by atoms with van der Waals surface area (Å²) in [5.41, 5.74) is 7.65. The number of carbonyl (C=O) groups excluding carboxylic acids is 1. The minimum Gasteiger partial charge on any atom is -0.497 e. The van der Waals surface area contributed by atoms with Gasteiger partial charge in [0.25, 0.3) is 0 Å². The van der Waals surface area contributed by atoms with Gasteiger partial charge in [0.05, 0.1) is 24.9 Å². The number of fused-ring (bicyclic) bond motifs is 3. The average Bonchev–Trinajstić information content (AvgIpc) is 3.12. The SMILES string of the molecule is COc1ccc2c(c1)C(c1ccc(Cl)cc1)=N[C@@H](CC(=O)NNOCO)c1nnc(C)n1-2. The fourth-order valence-corrected chi connectivity index (χ4v) is 3.65. The first-order chi connectivity index (χ1) is 15.5. The highest BCUT2D eigenvalue weighted by Crippen LogP contribution is 2.34. The summed E-state index contributed by atoms with van der Waals surface area (Å²) in [6.45, 7) is 1.25. The molecule has 3 aromatic rings.